The third kappa shape index (κ3) is 4.70. The number of piperidine rings is 1. The van der Waals surface area contributed by atoms with Gasteiger partial charge in [0.15, 0.2) is 0 Å². The number of hydrogen-bond donors (Lipinski definition) is 3. The van der Waals surface area contributed by atoms with E-state index in [1.165, 1.54) is 17.0 Å². The van der Waals surface area contributed by atoms with E-state index in [1.807, 2.05) is 6.07 Å². The maximum absolute atomic E-state index is 14.6. The van der Waals surface area contributed by atoms with Crippen LogP contribution < -0.4 is 10.6 Å². The van der Waals surface area contributed by atoms with Crippen LogP contribution in [0.4, 0.5) is 13.2 Å². The number of aromatic amines is 1. The Hall–Kier alpha value is -3.26. The molecule has 1 aromatic heterocycles. The number of carbonyl (C=O) groups is 3. The Labute approximate surface area is 221 Å². The zero-order valence-corrected chi connectivity index (χ0v) is 21.4. The molecular formula is C26H27ClF3N5O3. The molecule has 2 saturated heterocycles. The van der Waals surface area contributed by atoms with Gasteiger partial charge >= 0.3 is 0 Å². The van der Waals surface area contributed by atoms with Crippen LogP contribution in [0, 0.1) is 41.8 Å². The van der Waals surface area contributed by atoms with E-state index in [0.717, 1.165) is 6.42 Å². The summed E-state index contributed by atoms with van der Waals surface area (Å²) in [7, 11) is 0. The summed E-state index contributed by atoms with van der Waals surface area (Å²) < 4.78 is 43.2. The molecule has 3 aliphatic rings. The van der Waals surface area contributed by atoms with E-state index in [1.54, 1.807) is 6.92 Å². The average molecular weight is 550 g/mol. The first-order valence-electron chi connectivity index (χ1n) is 12.6. The first kappa shape index (κ1) is 26.4. The molecule has 0 bridgehead atoms. The Morgan fingerprint density at radius 1 is 1.34 bits per heavy atom. The number of amides is 3. The van der Waals surface area contributed by atoms with Crippen LogP contribution in [0.15, 0.2) is 12.1 Å². The molecule has 2 aliphatic heterocycles. The minimum absolute atomic E-state index is 0.0216. The molecule has 38 heavy (non-hydrogen) atoms. The van der Waals surface area contributed by atoms with Gasteiger partial charge in [-0.25, -0.2) is 13.2 Å². The number of alkyl halides is 2. The van der Waals surface area contributed by atoms with Crippen LogP contribution in [0.3, 0.4) is 0 Å². The van der Waals surface area contributed by atoms with Crippen molar-refractivity contribution in [1.29, 1.82) is 5.26 Å². The van der Waals surface area contributed by atoms with Crippen molar-refractivity contribution in [2.75, 3.05) is 13.1 Å². The van der Waals surface area contributed by atoms with Gasteiger partial charge in [0.1, 0.15) is 23.6 Å². The lowest BCUT2D eigenvalue weighted by Crippen LogP contribution is -2.52. The summed E-state index contributed by atoms with van der Waals surface area (Å²) >= 11 is 6.30. The quantitative estimate of drug-likeness (QED) is 0.527. The number of aromatic nitrogens is 1. The van der Waals surface area contributed by atoms with Crippen LogP contribution in [0.5, 0.6) is 0 Å². The number of nitrogens with zero attached hydrogens (tertiary/aromatic N) is 2. The largest absolute Gasteiger partial charge is 0.356 e. The lowest BCUT2D eigenvalue weighted by molar-refractivity contribution is -0.129. The van der Waals surface area contributed by atoms with Crippen molar-refractivity contribution in [3.63, 3.8) is 0 Å². The molecule has 0 spiro atoms. The number of nitrogens with one attached hydrogen (secondary N) is 3. The third-order valence-corrected chi connectivity index (χ3v) is 8.50. The van der Waals surface area contributed by atoms with Crippen molar-refractivity contribution in [2.24, 2.45) is 17.8 Å². The number of H-pyrrole nitrogens is 1. The molecule has 3 N–H and O–H groups in total. The highest BCUT2D eigenvalue weighted by Gasteiger charge is 2.58. The summed E-state index contributed by atoms with van der Waals surface area (Å²) in [5, 5.41) is 15.3. The van der Waals surface area contributed by atoms with Crippen molar-refractivity contribution in [2.45, 2.75) is 57.0 Å². The van der Waals surface area contributed by atoms with E-state index in [-0.39, 0.29) is 40.5 Å². The van der Waals surface area contributed by atoms with Gasteiger partial charge < -0.3 is 20.5 Å². The Morgan fingerprint density at radius 2 is 2.11 bits per heavy atom. The Morgan fingerprint density at radius 3 is 2.82 bits per heavy atom. The SMILES string of the molecule is Cc1cc(F)c2cc(C(=O)N3C[C@H]4CC(F)(F)C[C@H]4[C@@H]3C(=O)N[C@H](C#N)C[C@H]3CCCNC3=O)[nH]c2c1Cl. The van der Waals surface area contributed by atoms with Crippen molar-refractivity contribution in [3.05, 3.63) is 34.2 Å². The molecule has 0 radical (unpaired) electrons. The van der Waals surface area contributed by atoms with Crippen LogP contribution in [-0.4, -0.2) is 58.7 Å². The lowest BCUT2D eigenvalue weighted by Gasteiger charge is -2.29. The van der Waals surface area contributed by atoms with Gasteiger partial charge in [-0.05, 0) is 55.7 Å². The summed E-state index contributed by atoms with van der Waals surface area (Å²) in [6.07, 6.45) is 0.387. The molecule has 1 aliphatic carbocycles. The molecular weight excluding hydrogens is 523 g/mol. The van der Waals surface area contributed by atoms with E-state index in [2.05, 4.69) is 15.6 Å². The highest BCUT2D eigenvalue weighted by Crippen LogP contribution is 2.50. The van der Waals surface area contributed by atoms with Gasteiger partial charge in [-0.2, -0.15) is 5.26 Å². The van der Waals surface area contributed by atoms with Crippen LogP contribution in [-0.2, 0) is 9.59 Å². The molecule has 2 aromatic rings. The van der Waals surface area contributed by atoms with Gasteiger partial charge in [0, 0.05) is 37.2 Å². The second-order valence-corrected chi connectivity index (χ2v) is 11.0. The van der Waals surface area contributed by atoms with Crippen LogP contribution in [0.25, 0.3) is 10.9 Å². The molecule has 3 heterocycles. The van der Waals surface area contributed by atoms with E-state index >= 15 is 0 Å². The zero-order valence-electron chi connectivity index (χ0n) is 20.6. The summed E-state index contributed by atoms with van der Waals surface area (Å²) in [6.45, 7) is 2.10. The predicted molar refractivity (Wildman–Crippen MR) is 132 cm³/mol. The summed E-state index contributed by atoms with van der Waals surface area (Å²) in [6, 6.07) is 2.26. The number of aryl methyl sites for hydroxylation is 1. The summed E-state index contributed by atoms with van der Waals surface area (Å²) in [5.41, 5.74) is 0.684. The summed E-state index contributed by atoms with van der Waals surface area (Å²) in [5.74, 6) is -6.97. The summed E-state index contributed by atoms with van der Waals surface area (Å²) in [4.78, 5) is 43.3. The second kappa shape index (κ2) is 9.80. The Kier molecular flexibility index (Phi) is 6.80. The van der Waals surface area contributed by atoms with Crippen LogP contribution >= 0.6 is 11.6 Å². The Balaban J connectivity index is 1.41. The van der Waals surface area contributed by atoms with Gasteiger partial charge in [-0.1, -0.05) is 11.6 Å². The number of benzene rings is 1. The number of carbonyl (C=O) groups excluding carboxylic acids is 3. The molecule has 3 fully saturated rings. The van der Waals surface area contributed by atoms with Gasteiger partial charge in [0.25, 0.3) is 5.91 Å². The third-order valence-electron chi connectivity index (χ3n) is 8.01. The maximum atomic E-state index is 14.6. The van der Waals surface area contributed by atoms with Gasteiger partial charge in [0.05, 0.1) is 16.6 Å². The highest BCUT2D eigenvalue weighted by molar-refractivity contribution is 6.36. The molecule has 12 heteroatoms. The fourth-order valence-electron chi connectivity index (χ4n) is 6.20. The zero-order chi connectivity index (χ0) is 27.4. The molecule has 1 aromatic carbocycles. The normalized spacial score (nSPS) is 27.1. The van der Waals surface area contributed by atoms with E-state index in [0.29, 0.717) is 18.5 Å². The minimum Gasteiger partial charge on any atom is -0.356 e. The molecule has 8 nitrogen and oxygen atoms in total. The van der Waals surface area contributed by atoms with E-state index in [4.69, 9.17) is 11.6 Å². The molecule has 5 rings (SSSR count). The number of fused-ring (bicyclic) bond motifs is 2. The minimum atomic E-state index is -2.97. The number of halogens is 4. The van der Waals surface area contributed by atoms with Crippen molar-refractivity contribution in [3.8, 4) is 6.07 Å². The van der Waals surface area contributed by atoms with Crippen molar-refractivity contribution < 1.29 is 27.6 Å². The smallest absolute Gasteiger partial charge is 0.271 e. The second-order valence-electron chi connectivity index (χ2n) is 10.6. The fourth-order valence-corrected chi connectivity index (χ4v) is 6.41. The average Bonchev–Trinajstić information content (AvgIpc) is 3.53. The van der Waals surface area contributed by atoms with Crippen molar-refractivity contribution in [1.82, 2.24) is 20.5 Å². The molecule has 3 amide bonds. The monoisotopic (exact) mass is 549 g/mol. The molecule has 1 saturated carbocycles. The maximum Gasteiger partial charge on any atom is 0.271 e. The van der Waals surface area contributed by atoms with E-state index < -0.39 is 66.2 Å². The number of nitriles is 1. The van der Waals surface area contributed by atoms with Gasteiger partial charge in [-0.3, -0.25) is 14.4 Å². The lowest BCUT2D eigenvalue weighted by atomic mass is 9.90. The number of rotatable bonds is 5. The standard InChI is InChI=1S/C26H27ClF3N5O3/c1-12-5-18(28)16-7-19(34-21(16)20(12)27)25(38)35-11-14-8-26(29,30)9-17(14)22(35)24(37)33-15(10-31)6-13-3-2-4-32-23(13)36/h5,7,13-15,17,22,34H,2-4,6,8-9,11H2,1H3,(H,32,36)(H,33,37)/t13-,14-,15+,17-,22-/m1/s1. The highest BCUT2D eigenvalue weighted by atomic mass is 35.5. The number of hydrogen-bond acceptors (Lipinski definition) is 4. The van der Waals surface area contributed by atoms with E-state index in [9.17, 15) is 32.8 Å². The first-order chi connectivity index (χ1) is 18.0. The first-order valence-corrected chi connectivity index (χ1v) is 13.0. The van der Waals surface area contributed by atoms with Gasteiger partial charge in [-0.15, -0.1) is 0 Å². The van der Waals surface area contributed by atoms with Crippen molar-refractivity contribution >= 4 is 40.2 Å². The fraction of sp³-hybridized carbons (Fsp3) is 0.538. The Bertz CT molecular complexity index is 1360. The van der Waals surface area contributed by atoms with Crippen LogP contribution in [0.1, 0.15) is 48.2 Å². The van der Waals surface area contributed by atoms with Gasteiger partial charge in [0.2, 0.25) is 17.7 Å². The molecule has 5 atom stereocenters. The number of likely N-dealkylation sites (tertiary alicyclic amines) is 1. The topological polar surface area (TPSA) is 118 Å². The molecule has 0 unspecified atom stereocenters. The molecule has 202 valence electrons. The van der Waals surface area contributed by atoms with Crippen LogP contribution in [0.2, 0.25) is 5.02 Å². The predicted octanol–water partition coefficient (Wildman–Crippen LogP) is 3.68.